The van der Waals surface area contributed by atoms with Gasteiger partial charge < -0.3 is 9.84 Å². The van der Waals surface area contributed by atoms with E-state index in [1.807, 2.05) is 34.6 Å². The maximum atomic E-state index is 9.79. The lowest BCUT2D eigenvalue weighted by molar-refractivity contribution is -0.0547. The molecule has 0 radical (unpaired) electrons. The van der Waals surface area contributed by atoms with Crippen molar-refractivity contribution in [3.8, 4) is 12.3 Å². The summed E-state index contributed by atoms with van der Waals surface area (Å²) in [6, 6.07) is 0. The molecule has 1 aliphatic rings. The third-order valence-electron chi connectivity index (χ3n) is 2.87. The van der Waals surface area contributed by atoms with E-state index in [0.29, 0.717) is 18.8 Å². The lowest BCUT2D eigenvalue weighted by Crippen LogP contribution is -2.37. The Morgan fingerprint density at radius 2 is 1.82 bits per heavy atom. The van der Waals surface area contributed by atoms with Crippen molar-refractivity contribution in [2.45, 2.75) is 79.1 Å². The highest BCUT2D eigenvalue weighted by atomic mass is 16.5. The molecule has 0 saturated carbocycles. The molecule has 0 bridgehead atoms. The Balaban J connectivity index is 0. The molecular weight excluding hydrogens is 212 g/mol. The molecule has 0 aromatic rings. The SMILES string of the molecule is C#CC1(CC)OC(C(C)C)CC1O.CC.CC. The van der Waals surface area contributed by atoms with Crippen molar-refractivity contribution >= 4 is 0 Å². The number of aliphatic hydroxyl groups excluding tert-OH is 1. The van der Waals surface area contributed by atoms with E-state index in [1.165, 1.54) is 0 Å². The van der Waals surface area contributed by atoms with Crippen molar-refractivity contribution in [1.29, 1.82) is 0 Å². The van der Waals surface area contributed by atoms with E-state index in [1.54, 1.807) is 0 Å². The Morgan fingerprint density at radius 3 is 2.00 bits per heavy atom. The highest BCUT2D eigenvalue weighted by molar-refractivity contribution is 5.15. The van der Waals surface area contributed by atoms with Gasteiger partial charge in [0, 0.05) is 6.42 Å². The predicted octanol–water partition coefficient (Wildman–Crippen LogP) is 3.63. The van der Waals surface area contributed by atoms with Gasteiger partial charge in [-0.3, -0.25) is 0 Å². The van der Waals surface area contributed by atoms with Crippen molar-refractivity contribution in [3.63, 3.8) is 0 Å². The summed E-state index contributed by atoms with van der Waals surface area (Å²) in [4.78, 5) is 0. The van der Waals surface area contributed by atoms with Gasteiger partial charge >= 0.3 is 0 Å². The molecule has 1 aliphatic heterocycles. The van der Waals surface area contributed by atoms with Crippen LogP contribution in [0.15, 0.2) is 0 Å². The van der Waals surface area contributed by atoms with Crippen LogP contribution in [0.25, 0.3) is 0 Å². The van der Waals surface area contributed by atoms with E-state index >= 15 is 0 Å². The summed E-state index contributed by atoms with van der Waals surface area (Å²) in [5.74, 6) is 3.00. The minimum absolute atomic E-state index is 0.103. The fourth-order valence-electron chi connectivity index (χ4n) is 1.77. The number of terminal acetylenes is 1. The molecule has 0 aliphatic carbocycles. The van der Waals surface area contributed by atoms with Gasteiger partial charge in [-0.1, -0.05) is 54.4 Å². The number of hydrogen-bond donors (Lipinski definition) is 1. The quantitative estimate of drug-likeness (QED) is 0.749. The van der Waals surface area contributed by atoms with Crippen LogP contribution in [0.4, 0.5) is 0 Å². The minimum Gasteiger partial charge on any atom is -0.389 e. The van der Waals surface area contributed by atoms with Crippen molar-refractivity contribution in [2.24, 2.45) is 5.92 Å². The lowest BCUT2D eigenvalue weighted by Gasteiger charge is -2.25. The van der Waals surface area contributed by atoms with Crippen LogP contribution in [-0.4, -0.2) is 22.9 Å². The average Bonchev–Trinajstić information content (AvgIpc) is 2.72. The molecule has 1 heterocycles. The molecule has 1 fully saturated rings. The van der Waals surface area contributed by atoms with Gasteiger partial charge in [-0.25, -0.2) is 0 Å². The minimum atomic E-state index is -0.727. The first-order chi connectivity index (χ1) is 8.05. The second-order valence-electron chi connectivity index (χ2n) is 4.04. The molecule has 1 saturated heterocycles. The molecule has 0 spiro atoms. The molecule has 0 aromatic carbocycles. The molecule has 17 heavy (non-hydrogen) atoms. The first kappa shape index (κ1) is 18.8. The first-order valence-electron chi connectivity index (χ1n) is 6.89. The molecule has 1 N–H and O–H groups in total. The predicted molar refractivity (Wildman–Crippen MR) is 74.9 cm³/mol. The third-order valence-corrected chi connectivity index (χ3v) is 2.87. The molecule has 3 atom stereocenters. The second-order valence-corrected chi connectivity index (χ2v) is 4.04. The van der Waals surface area contributed by atoms with E-state index in [-0.39, 0.29) is 6.10 Å². The topological polar surface area (TPSA) is 29.5 Å². The zero-order valence-corrected chi connectivity index (χ0v) is 12.6. The normalized spacial score (nSPS) is 30.8. The van der Waals surface area contributed by atoms with Crippen molar-refractivity contribution in [3.05, 3.63) is 0 Å². The van der Waals surface area contributed by atoms with Gasteiger partial charge in [0.05, 0.1) is 12.2 Å². The molecule has 0 amide bonds. The van der Waals surface area contributed by atoms with Gasteiger partial charge in [-0.2, -0.15) is 0 Å². The van der Waals surface area contributed by atoms with Gasteiger partial charge in [-0.05, 0) is 12.3 Å². The first-order valence-corrected chi connectivity index (χ1v) is 6.89. The maximum absolute atomic E-state index is 9.79. The largest absolute Gasteiger partial charge is 0.389 e. The summed E-state index contributed by atoms with van der Waals surface area (Å²) in [7, 11) is 0. The molecule has 3 unspecified atom stereocenters. The van der Waals surface area contributed by atoms with E-state index in [0.717, 1.165) is 0 Å². The smallest absolute Gasteiger partial charge is 0.154 e. The second kappa shape index (κ2) is 9.50. The third kappa shape index (κ3) is 4.69. The van der Waals surface area contributed by atoms with Crippen molar-refractivity contribution in [1.82, 2.24) is 0 Å². The molecule has 2 heteroatoms. The Hall–Kier alpha value is -0.520. The summed E-state index contributed by atoms with van der Waals surface area (Å²) in [6.45, 7) is 14.1. The number of hydrogen-bond acceptors (Lipinski definition) is 2. The summed E-state index contributed by atoms with van der Waals surface area (Å²) < 4.78 is 5.73. The van der Waals surface area contributed by atoms with Crippen LogP contribution >= 0.6 is 0 Å². The van der Waals surface area contributed by atoms with Gasteiger partial charge in [0.25, 0.3) is 0 Å². The Kier molecular flexibility index (Phi) is 10.5. The van der Waals surface area contributed by atoms with Crippen LogP contribution in [0.5, 0.6) is 0 Å². The number of ether oxygens (including phenoxy) is 1. The molecule has 0 aromatic heterocycles. The molecule has 102 valence electrons. The highest BCUT2D eigenvalue weighted by Gasteiger charge is 2.46. The molecule has 1 rings (SSSR count). The summed E-state index contributed by atoms with van der Waals surface area (Å²) in [5.41, 5.74) is -0.727. The van der Waals surface area contributed by atoms with Crippen LogP contribution in [0.3, 0.4) is 0 Å². The highest BCUT2D eigenvalue weighted by Crippen LogP contribution is 2.35. The summed E-state index contributed by atoms with van der Waals surface area (Å²) in [5, 5.41) is 9.79. The molecule has 2 nitrogen and oxygen atoms in total. The Morgan fingerprint density at radius 1 is 1.35 bits per heavy atom. The van der Waals surface area contributed by atoms with E-state index < -0.39 is 11.7 Å². The summed E-state index contributed by atoms with van der Waals surface area (Å²) >= 11 is 0. The fourth-order valence-corrected chi connectivity index (χ4v) is 1.77. The van der Waals surface area contributed by atoms with E-state index in [2.05, 4.69) is 19.8 Å². The van der Waals surface area contributed by atoms with E-state index in [9.17, 15) is 5.11 Å². The molecular formula is C15H30O2. The van der Waals surface area contributed by atoms with Gasteiger partial charge in [0.1, 0.15) is 0 Å². The average molecular weight is 242 g/mol. The van der Waals surface area contributed by atoms with E-state index in [4.69, 9.17) is 11.2 Å². The zero-order chi connectivity index (χ0) is 14.1. The maximum Gasteiger partial charge on any atom is 0.154 e. The standard InChI is InChI=1S/C11H18O2.2C2H6/c1-5-11(6-2)10(12)7-9(13-11)8(3)4;2*1-2/h1,8-10,12H,6-7H2,2-4H3;2*1-2H3. The Labute approximate surface area is 108 Å². The van der Waals surface area contributed by atoms with Gasteiger partial charge in [0.2, 0.25) is 0 Å². The number of rotatable bonds is 2. The van der Waals surface area contributed by atoms with Crippen LogP contribution < -0.4 is 0 Å². The number of aliphatic hydroxyl groups is 1. The van der Waals surface area contributed by atoms with Crippen LogP contribution in [0, 0.1) is 18.3 Å². The van der Waals surface area contributed by atoms with Crippen LogP contribution in [0.2, 0.25) is 0 Å². The fraction of sp³-hybridized carbons (Fsp3) is 0.867. The van der Waals surface area contributed by atoms with Gasteiger partial charge in [-0.15, -0.1) is 6.42 Å². The van der Waals surface area contributed by atoms with Crippen LogP contribution in [-0.2, 0) is 4.74 Å². The monoisotopic (exact) mass is 242 g/mol. The zero-order valence-electron chi connectivity index (χ0n) is 12.6. The Bertz CT molecular complexity index is 217. The van der Waals surface area contributed by atoms with Gasteiger partial charge in [0.15, 0.2) is 5.60 Å². The summed E-state index contributed by atoms with van der Waals surface area (Å²) in [6.07, 6.45) is 6.33. The van der Waals surface area contributed by atoms with Crippen molar-refractivity contribution < 1.29 is 9.84 Å². The van der Waals surface area contributed by atoms with Crippen molar-refractivity contribution in [2.75, 3.05) is 0 Å². The lowest BCUT2D eigenvalue weighted by atomic mass is 9.93. The van der Waals surface area contributed by atoms with Crippen LogP contribution in [0.1, 0.15) is 61.3 Å².